The van der Waals surface area contributed by atoms with Gasteiger partial charge in [-0.1, -0.05) is 54.6 Å². The second-order valence-corrected chi connectivity index (χ2v) is 8.38. The minimum absolute atomic E-state index is 0. The summed E-state index contributed by atoms with van der Waals surface area (Å²) in [6.07, 6.45) is 2.76. The van der Waals surface area contributed by atoms with Crippen molar-refractivity contribution in [2.45, 2.75) is 19.3 Å². The first-order chi connectivity index (χ1) is 14.8. The number of para-hydroxylation sites is 1. The number of hydrogen-bond donors (Lipinski definition) is 0. The number of halogens is 2. The second kappa shape index (κ2) is 11.0. The highest BCUT2D eigenvalue weighted by atomic mass is 35.5. The Morgan fingerprint density at radius 3 is 2.19 bits per heavy atom. The zero-order valence-corrected chi connectivity index (χ0v) is 19.9. The molecule has 3 aromatic carbocycles. The number of benzene rings is 3. The third-order valence-electron chi connectivity index (χ3n) is 6.51. The molecule has 4 nitrogen and oxygen atoms in total. The third-order valence-corrected chi connectivity index (χ3v) is 6.51. The monoisotopic (exact) mass is 471 g/mol. The number of nitrogens with zero attached hydrogens (tertiary/aromatic N) is 3. The van der Waals surface area contributed by atoms with Crippen molar-refractivity contribution in [3.05, 3.63) is 72.3 Å². The average molecular weight is 472 g/mol. The lowest BCUT2D eigenvalue weighted by Gasteiger charge is -2.36. The van der Waals surface area contributed by atoms with E-state index in [-0.39, 0.29) is 30.7 Å². The van der Waals surface area contributed by atoms with Gasteiger partial charge in [-0.2, -0.15) is 0 Å². The van der Waals surface area contributed by atoms with E-state index >= 15 is 0 Å². The molecule has 0 N–H and O–H groups in total. The molecule has 0 unspecified atom stereocenters. The van der Waals surface area contributed by atoms with Crippen molar-refractivity contribution in [3.63, 3.8) is 0 Å². The van der Waals surface area contributed by atoms with E-state index in [0.29, 0.717) is 6.42 Å². The van der Waals surface area contributed by atoms with Crippen LogP contribution in [-0.4, -0.2) is 50.1 Å². The number of anilines is 2. The molecule has 6 heteroatoms. The molecule has 0 spiro atoms. The number of unbranched alkanes of at least 4 members (excludes halogenated alkanes) is 1. The molecule has 1 fully saturated rings. The molecular weight excluding hydrogens is 441 g/mol. The van der Waals surface area contributed by atoms with Gasteiger partial charge in [-0.25, -0.2) is 0 Å². The summed E-state index contributed by atoms with van der Waals surface area (Å²) in [4.78, 5) is 19.4. The van der Waals surface area contributed by atoms with Gasteiger partial charge in [0.05, 0.1) is 6.42 Å². The maximum absolute atomic E-state index is 12.3. The van der Waals surface area contributed by atoms with Crippen LogP contribution in [0.25, 0.3) is 10.8 Å². The van der Waals surface area contributed by atoms with Gasteiger partial charge in [-0.05, 0) is 42.5 Å². The van der Waals surface area contributed by atoms with E-state index in [1.807, 2.05) is 17.0 Å². The Balaban J connectivity index is 0.00000144. The van der Waals surface area contributed by atoms with Crippen LogP contribution >= 0.6 is 24.8 Å². The van der Waals surface area contributed by atoms with Crippen LogP contribution in [0.4, 0.5) is 11.4 Å². The van der Waals surface area contributed by atoms with Gasteiger partial charge in [0.15, 0.2) is 0 Å². The molecule has 0 radical (unpaired) electrons. The van der Waals surface area contributed by atoms with Crippen LogP contribution in [0.1, 0.15) is 18.4 Å². The van der Waals surface area contributed by atoms with Gasteiger partial charge in [0, 0.05) is 49.5 Å². The Morgan fingerprint density at radius 2 is 1.34 bits per heavy atom. The number of piperazine rings is 1. The molecule has 0 aromatic heterocycles. The fraction of sp³-hybridized carbons (Fsp3) is 0.346. The summed E-state index contributed by atoms with van der Waals surface area (Å²) in [6, 6.07) is 23.5. The maximum Gasteiger partial charge on any atom is 0.231 e. The minimum atomic E-state index is 0. The van der Waals surface area contributed by atoms with Crippen molar-refractivity contribution in [1.82, 2.24) is 4.90 Å². The highest BCUT2D eigenvalue weighted by Crippen LogP contribution is 2.29. The topological polar surface area (TPSA) is 26.8 Å². The van der Waals surface area contributed by atoms with Crippen molar-refractivity contribution in [3.8, 4) is 0 Å². The predicted molar refractivity (Wildman–Crippen MR) is 139 cm³/mol. The van der Waals surface area contributed by atoms with Crippen molar-refractivity contribution in [1.29, 1.82) is 0 Å². The van der Waals surface area contributed by atoms with E-state index in [2.05, 4.69) is 64.4 Å². The van der Waals surface area contributed by atoms with Crippen LogP contribution in [0.5, 0.6) is 0 Å². The maximum atomic E-state index is 12.3. The molecule has 0 aliphatic carbocycles. The zero-order valence-electron chi connectivity index (χ0n) is 18.3. The van der Waals surface area contributed by atoms with E-state index in [1.165, 1.54) is 22.0 Å². The Labute approximate surface area is 203 Å². The number of amides is 1. The zero-order chi connectivity index (χ0) is 20.3. The van der Waals surface area contributed by atoms with Crippen molar-refractivity contribution in [2.24, 2.45) is 0 Å². The molecular formula is C26H31Cl2N3O. The first-order valence-corrected chi connectivity index (χ1v) is 11.1. The largest absolute Gasteiger partial charge is 0.368 e. The summed E-state index contributed by atoms with van der Waals surface area (Å²) in [7, 11) is 0. The van der Waals surface area contributed by atoms with Crippen molar-refractivity contribution >= 4 is 52.9 Å². The Bertz CT molecular complexity index is 1040. The molecule has 0 saturated carbocycles. The van der Waals surface area contributed by atoms with E-state index in [0.717, 1.165) is 57.8 Å². The van der Waals surface area contributed by atoms with Gasteiger partial charge >= 0.3 is 0 Å². The van der Waals surface area contributed by atoms with E-state index in [9.17, 15) is 4.79 Å². The van der Waals surface area contributed by atoms with Gasteiger partial charge in [-0.15, -0.1) is 24.8 Å². The summed E-state index contributed by atoms with van der Waals surface area (Å²) >= 11 is 0. The van der Waals surface area contributed by atoms with Crippen LogP contribution in [0.3, 0.4) is 0 Å². The number of carbonyl (C=O) groups is 1. The molecule has 2 heterocycles. The number of carbonyl (C=O) groups excluding carboxylic acids is 1. The Kier molecular flexibility index (Phi) is 8.41. The second-order valence-electron chi connectivity index (χ2n) is 8.38. The van der Waals surface area contributed by atoms with E-state index in [4.69, 9.17) is 0 Å². The highest BCUT2D eigenvalue weighted by Gasteiger charge is 2.26. The highest BCUT2D eigenvalue weighted by molar-refractivity contribution is 6.01. The molecule has 0 atom stereocenters. The Hall–Kier alpha value is -2.27. The lowest BCUT2D eigenvalue weighted by molar-refractivity contribution is -0.117. The number of fused-ring (bicyclic) bond motifs is 2. The molecule has 1 saturated heterocycles. The van der Waals surface area contributed by atoms with Gasteiger partial charge in [0.25, 0.3) is 0 Å². The quantitative estimate of drug-likeness (QED) is 0.463. The van der Waals surface area contributed by atoms with Gasteiger partial charge in [-0.3, -0.25) is 9.69 Å². The molecule has 170 valence electrons. The molecule has 32 heavy (non-hydrogen) atoms. The molecule has 0 bridgehead atoms. The number of rotatable bonds is 6. The first kappa shape index (κ1) is 24.4. The van der Waals surface area contributed by atoms with Crippen LogP contribution in [-0.2, 0) is 11.2 Å². The Morgan fingerprint density at radius 1 is 0.688 bits per heavy atom. The number of hydrogen-bond acceptors (Lipinski definition) is 3. The SMILES string of the molecule is Cl.Cl.O=C1Cc2ccccc2N1CCCCN1CCN(c2cccc3ccccc23)CC1. The molecule has 3 aromatic rings. The summed E-state index contributed by atoms with van der Waals surface area (Å²) < 4.78 is 0. The lowest BCUT2D eigenvalue weighted by Crippen LogP contribution is -2.46. The molecule has 1 amide bonds. The fourth-order valence-electron chi connectivity index (χ4n) is 4.86. The van der Waals surface area contributed by atoms with Crippen LogP contribution < -0.4 is 9.80 Å². The first-order valence-electron chi connectivity index (χ1n) is 11.1. The smallest absolute Gasteiger partial charge is 0.231 e. The fourth-order valence-corrected chi connectivity index (χ4v) is 4.86. The van der Waals surface area contributed by atoms with Crippen molar-refractivity contribution in [2.75, 3.05) is 49.1 Å². The van der Waals surface area contributed by atoms with Crippen LogP contribution in [0.2, 0.25) is 0 Å². The summed E-state index contributed by atoms with van der Waals surface area (Å²) in [5, 5.41) is 2.67. The predicted octanol–water partition coefficient (Wildman–Crippen LogP) is 5.17. The molecule has 2 aliphatic heterocycles. The van der Waals surface area contributed by atoms with Gasteiger partial charge in [0.2, 0.25) is 5.91 Å². The van der Waals surface area contributed by atoms with Crippen LogP contribution in [0, 0.1) is 0 Å². The van der Waals surface area contributed by atoms with Gasteiger partial charge < -0.3 is 9.80 Å². The molecule has 5 rings (SSSR count). The molecule has 2 aliphatic rings. The summed E-state index contributed by atoms with van der Waals surface area (Å²) in [5.41, 5.74) is 3.65. The van der Waals surface area contributed by atoms with Crippen molar-refractivity contribution < 1.29 is 4.79 Å². The summed E-state index contributed by atoms with van der Waals surface area (Å²) in [6.45, 7) is 6.32. The standard InChI is InChI=1S/C26H29N3O.2ClH/c30-26-20-22-9-2-4-12-24(22)29(26)15-6-5-14-27-16-18-28(19-17-27)25-13-7-10-21-8-1-3-11-23(21)25;;/h1-4,7-13H,5-6,14-20H2;2*1H. The lowest BCUT2D eigenvalue weighted by atomic mass is 10.1. The normalized spacial score (nSPS) is 15.9. The summed E-state index contributed by atoms with van der Waals surface area (Å²) in [5.74, 6) is 0.250. The van der Waals surface area contributed by atoms with E-state index < -0.39 is 0 Å². The minimum Gasteiger partial charge on any atom is -0.368 e. The van der Waals surface area contributed by atoms with Gasteiger partial charge in [0.1, 0.15) is 0 Å². The van der Waals surface area contributed by atoms with Crippen LogP contribution in [0.15, 0.2) is 66.7 Å². The average Bonchev–Trinajstić information content (AvgIpc) is 3.12. The van der Waals surface area contributed by atoms with E-state index in [1.54, 1.807) is 0 Å². The third kappa shape index (κ3) is 5.03.